The third-order valence-corrected chi connectivity index (χ3v) is 1.67. The van der Waals surface area contributed by atoms with Gasteiger partial charge in [0.1, 0.15) is 5.82 Å². The molecule has 5 heteroatoms. The van der Waals surface area contributed by atoms with Crippen LogP contribution in [0.1, 0.15) is 10.4 Å². The Balaban J connectivity index is 2.99. The number of nitrogens with one attached hydrogen (secondary N) is 2. The molecular formula is C9H9FN2O2. The van der Waals surface area contributed by atoms with E-state index in [9.17, 15) is 14.0 Å². The van der Waals surface area contributed by atoms with Crippen LogP contribution in [0.4, 0.5) is 10.1 Å². The number of halogens is 1. The molecule has 1 aromatic rings. The van der Waals surface area contributed by atoms with Gasteiger partial charge in [-0.2, -0.15) is 0 Å². The first kappa shape index (κ1) is 10.2. The number of benzene rings is 1. The fourth-order valence-electron chi connectivity index (χ4n) is 0.981. The molecule has 0 atom stereocenters. The molecule has 0 aliphatic heterocycles. The van der Waals surface area contributed by atoms with Crippen molar-refractivity contribution in [1.29, 1.82) is 0 Å². The van der Waals surface area contributed by atoms with Crippen molar-refractivity contribution in [3.05, 3.63) is 29.6 Å². The first-order valence-corrected chi connectivity index (χ1v) is 3.91. The van der Waals surface area contributed by atoms with Gasteiger partial charge < -0.3 is 10.6 Å². The van der Waals surface area contributed by atoms with Gasteiger partial charge in [-0.05, 0) is 18.2 Å². The van der Waals surface area contributed by atoms with E-state index < -0.39 is 5.82 Å². The SMILES string of the molecule is CNC(=O)c1ccc(NC=O)c(F)c1. The number of amides is 2. The molecule has 74 valence electrons. The molecule has 0 aliphatic rings. The molecule has 0 spiro atoms. The van der Waals surface area contributed by atoms with Crippen LogP contribution in [0, 0.1) is 5.82 Å². The lowest BCUT2D eigenvalue weighted by atomic mass is 10.2. The van der Waals surface area contributed by atoms with E-state index >= 15 is 0 Å². The Bertz CT molecular complexity index is 366. The van der Waals surface area contributed by atoms with Crippen molar-refractivity contribution in [3.8, 4) is 0 Å². The summed E-state index contributed by atoms with van der Waals surface area (Å²) in [5.74, 6) is -1.01. The summed E-state index contributed by atoms with van der Waals surface area (Å²) in [6.45, 7) is 0. The molecule has 2 N–H and O–H groups in total. The molecule has 0 saturated carbocycles. The smallest absolute Gasteiger partial charge is 0.251 e. The Hall–Kier alpha value is -1.91. The van der Waals surface area contributed by atoms with Crippen molar-refractivity contribution in [2.24, 2.45) is 0 Å². The highest BCUT2D eigenvalue weighted by Gasteiger charge is 2.07. The van der Waals surface area contributed by atoms with Gasteiger partial charge in [-0.3, -0.25) is 9.59 Å². The second-order valence-corrected chi connectivity index (χ2v) is 2.54. The van der Waals surface area contributed by atoms with Gasteiger partial charge in [-0.1, -0.05) is 0 Å². The molecular weight excluding hydrogens is 187 g/mol. The Morgan fingerprint density at radius 3 is 2.71 bits per heavy atom. The minimum absolute atomic E-state index is 0.0488. The topological polar surface area (TPSA) is 58.2 Å². The van der Waals surface area contributed by atoms with Crippen molar-refractivity contribution < 1.29 is 14.0 Å². The lowest BCUT2D eigenvalue weighted by molar-refractivity contribution is -0.105. The molecule has 14 heavy (non-hydrogen) atoms. The molecule has 0 aliphatic carbocycles. The molecule has 0 fully saturated rings. The van der Waals surface area contributed by atoms with Crippen molar-refractivity contribution in [3.63, 3.8) is 0 Å². The molecule has 0 aromatic heterocycles. The van der Waals surface area contributed by atoms with Crippen molar-refractivity contribution in [2.45, 2.75) is 0 Å². The van der Waals surface area contributed by atoms with Gasteiger partial charge in [0.2, 0.25) is 6.41 Å². The lowest BCUT2D eigenvalue weighted by Gasteiger charge is -2.03. The largest absolute Gasteiger partial charge is 0.355 e. The quantitative estimate of drug-likeness (QED) is 0.701. The Kier molecular flexibility index (Phi) is 3.17. The fraction of sp³-hybridized carbons (Fsp3) is 0.111. The number of rotatable bonds is 3. The van der Waals surface area contributed by atoms with Gasteiger partial charge in [0.15, 0.2) is 0 Å². The monoisotopic (exact) mass is 196 g/mol. The van der Waals surface area contributed by atoms with Crippen LogP contribution in [0.15, 0.2) is 18.2 Å². The number of carbonyl (C=O) groups is 2. The van der Waals surface area contributed by atoms with E-state index in [-0.39, 0.29) is 17.2 Å². The van der Waals surface area contributed by atoms with Crippen LogP contribution in [0.25, 0.3) is 0 Å². The van der Waals surface area contributed by atoms with Gasteiger partial charge >= 0.3 is 0 Å². The van der Waals surface area contributed by atoms with E-state index in [1.54, 1.807) is 0 Å². The average molecular weight is 196 g/mol. The van der Waals surface area contributed by atoms with Gasteiger partial charge in [0.25, 0.3) is 5.91 Å². The molecule has 0 bridgehead atoms. The molecule has 0 saturated heterocycles. The van der Waals surface area contributed by atoms with E-state index in [4.69, 9.17) is 0 Å². The van der Waals surface area contributed by atoms with Crippen LogP contribution < -0.4 is 10.6 Å². The van der Waals surface area contributed by atoms with Crippen molar-refractivity contribution in [2.75, 3.05) is 12.4 Å². The molecule has 1 rings (SSSR count). The van der Waals surface area contributed by atoms with Crippen LogP contribution in [0.3, 0.4) is 0 Å². The zero-order valence-corrected chi connectivity index (χ0v) is 7.50. The number of hydrogen-bond acceptors (Lipinski definition) is 2. The zero-order valence-electron chi connectivity index (χ0n) is 7.50. The molecule has 4 nitrogen and oxygen atoms in total. The van der Waals surface area contributed by atoms with Crippen LogP contribution in [0.5, 0.6) is 0 Å². The van der Waals surface area contributed by atoms with E-state index in [2.05, 4.69) is 10.6 Å². The summed E-state index contributed by atoms with van der Waals surface area (Å²) in [6, 6.07) is 3.81. The predicted octanol–water partition coefficient (Wildman–Crippen LogP) is 0.754. The van der Waals surface area contributed by atoms with E-state index in [1.807, 2.05) is 0 Å². The third kappa shape index (κ3) is 2.07. The second-order valence-electron chi connectivity index (χ2n) is 2.54. The summed E-state index contributed by atoms with van der Waals surface area (Å²) in [7, 11) is 1.46. The summed E-state index contributed by atoms with van der Waals surface area (Å²) in [5.41, 5.74) is 0.258. The molecule has 0 radical (unpaired) electrons. The molecule has 0 unspecified atom stereocenters. The van der Waals surface area contributed by atoms with Gasteiger partial charge in [-0.15, -0.1) is 0 Å². The lowest BCUT2D eigenvalue weighted by Crippen LogP contribution is -2.18. The van der Waals surface area contributed by atoms with Crippen molar-refractivity contribution >= 4 is 18.0 Å². The van der Waals surface area contributed by atoms with E-state index in [0.717, 1.165) is 6.07 Å². The van der Waals surface area contributed by atoms with Crippen LogP contribution in [0.2, 0.25) is 0 Å². The standard InChI is InChI=1S/C9H9FN2O2/c1-11-9(14)6-2-3-8(12-5-13)7(10)4-6/h2-5H,1H3,(H,11,14)(H,12,13). The van der Waals surface area contributed by atoms with E-state index in [1.165, 1.54) is 19.2 Å². The van der Waals surface area contributed by atoms with Gasteiger partial charge in [0.05, 0.1) is 5.69 Å². The summed E-state index contributed by atoms with van der Waals surface area (Å²) in [6.07, 6.45) is 0.373. The maximum absolute atomic E-state index is 13.1. The maximum atomic E-state index is 13.1. The normalized spacial score (nSPS) is 9.29. The number of hydrogen-bond donors (Lipinski definition) is 2. The fourth-order valence-corrected chi connectivity index (χ4v) is 0.981. The van der Waals surface area contributed by atoms with Crippen molar-refractivity contribution in [1.82, 2.24) is 5.32 Å². The molecule has 1 aromatic carbocycles. The highest BCUT2D eigenvalue weighted by molar-refractivity contribution is 5.94. The summed E-state index contributed by atoms with van der Waals surface area (Å²) >= 11 is 0. The maximum Gasteiger partial charge on any atom is 0.251 e. The zero-order chi connectivity index (χ0) is 10.6. The highest BCUT2D eigenvalue weighted by Crippen LogP contribution is 2.14. The second kappa shape index (κ2) is 4.36. The Morgan fingerprint density at radius 2 is 2.21 bits per heavy atom. The number of carbonyl (C=O) groups excluding carboxylic acids is 2. The predicted molar refractivity (Wildman–Crippen MR) is 49.5 cm³/mol. The van der Waals surface area contributed by atoms with Crippen LogP contribution >= 0.6 is 0 Å². The first-order chi connectivity index (χ1) is 6.69. The molecule has 2 amide bonds. The summed E-state index contributed by atoms with van der Waals surface area (Å²) in [5, 5.41) is 4.54. The average Bonchev–Trinajstić information content (AvgIpc) is 2.20. The first-order valence-electron chi connectivity index (χ1n) is 3.91. The van der Waals surface area contributed by atoms with Crippen LogP contribution in [-0.4, -0.2) is 19.4 Å². The van der Waals surface area contributed by atoms with Crippen LogP contribution in [-0.2, 0) is 4.79 Å². The Labute approximate surface area is 80.1 Å². The number of anilines is 1. The summed E-state index contributed by atoms with van der Waals surface area (Å²) in [4.78, 5) is 21.1. The minimum atomic E-state index is -0.641. The van der Waals surface area contributed by atoms with Gasteiger partial charge in [0, 0.05) is 12.6 Å². The van der Waals surface area contributed by atoms with Gasteiger partial charge in [-0.25, -0.2) is 4.39 Å². The Morgan fingerprint density at radius 1 is 1.50 bits per heavy atom. The molecule has 0 heterocycles. The minimum Gasteiger partial charge on any atom is -0.355 e. The highest BCUT2D eigenvalue weighted by atomic mass is 19.1. The van der Waals surface area contributed by atoms with E-state index in [0.29, 0.717) is 6.41 Å². The third-order valence-electron chi connectivity index (χ3n) is 1.67. The summed E-state index contributed by atoms with van der Waals surface area (Å²) < 4.78 is 13.1.